The van der Waals surface area contributed by atoms with Gasteiger partial charge in [0.15, 0.2) is 0 Å². The Labute approximate surface area is 106 Å². The van der Waals surface area contributed by atoms with Crippen molar-refractivity contribution in [3.8, 4) is 0 Å². The lowest BCUT2D eigenvalue weighted by atomic mass is 10.2. The summed E-state index contributed by atoms with van der Waals surface area (Å²) in [6.07, 6.45) is 0. The molecule has 0 heterocycles. The van der Waals surface area contributed by atoms with E-state index >= 15 is 0 Å². The van der Waals surface area contributed by atoms with Crippen LogP contribution in [0.2, 0.25) is 0 Å². The topological polar surface area (TPSA) is 43.8 Å². The Kier molecular flexibility index (Phi) is 7.39. The Morgan fingerprint density at radius 1 is 1.00 bits per heavy atom. The van der Waals surface area contributed by atoms with Crippen molar-refractivity contribution in [2.75, 3.05) is 19.7 Å². The normalized spacial score (nSPS) is 11.9. The van der Waals surface area contributed by atoms with E-state index in [1.807, 2.05) is 51.3 Å². The maximum absolute atomic E-state index is 12.2. The number of carbonyl (C=O) groups is 1. The molecule has 0 saturated carbocycles. The third-order valence-electron chi connectivity index (χ3n) is 2.86. The molecule has 0 aromatic heterocycles. The molecule has 0 aromatic carbocycles. The van der Waals surface area contributed by atoms with Crippen LogP contribution in [0.4, 0.5) is 0 Å². The molecule has 0 radical (unpaired) electrons. The number of aliphatic hydroxyl groups excluding tert-OH is 1. The zero-order chi connectivity index (χ0) is 13.6. The van der Waals surface area contributed by atoms with Crippen molar-refractivity contribution in [1.29, 1.82) is 0 Å². The number of nitrogens with zero attached hydrogens (tertiary/aromatic N) is 2. The van der Waals surface area contributed by atoms with Crippen molar-refractivity contribution in [1.82, 2.24) is 9.80 Å². The van der Waals surface area contributed by atoms with Crippen molar-refractivity contribution in [3.63, 3.8) is 0 Å². The maximum Gasteiger partial charge on any atom is 0.237 e. The summed E-state index contributed by atoms with van der Waals surface area (Å²) < 4.78 is 0. The van der Waals surface area contributed by atoms with E-state index in [9.17, 15) is 4.79 Å². The molecule has 0 bridgehead atoms. The minimum absolute atomic E-state index is 0.0921. The summed E-state index contributed by atoms with van der Waals surface area (Å²) in [6, 6.07) is 0.698. The van der Waals surface area contributed by atoms with Crippen LogP contribution >= 0.6 is 0 Å². The molecule has 0 aromatic rings. The standard InChI is InChI=1S/C13H28N2O2/c1-10(2)14(7-8-16)9-13(17)15(11(3)4)12(5)6/h10-12,16H,7-9H2,1-6H3. The molecular formula is C13H28N2O2. The van der Waals surface area contributed by atoms with Gasteiger partial charge in [0.1, 0.15) is 0 Å². The van der Waals surface area contributed by atoms with Crippen molar-refractivity contribution in [2.24, 2.45) is 0 Å². The highest BCUT2D eigenvalue weighted by atomic mass is 16.3. The molecule has 0 rings (SSSR count). The minimum Gasteiger partial charge on any atom is -0.395 e. The van der Waals surface area contributed by atoms with Gasteiger partial charge in [-0.2, -0.15) is 0 Å². The molecule has 17 heavy (non-hydrogen) atoms. The van der Waals surface area contributed by atoms with Crippen LogP contribution in [-0.4, -0.2) is 58.6 Å². The molecule has 1 N–H and O–H groups in total. The molecule has 1 amide bonds. The average molecular weight is 244 g/mol. The Morgan fingerprint density at radius 3 is 1.76 bits per heavy atom. The number of rotatable bonds is 7. The molecule has 0 spiro atoms. The summed E-state index contributed by atoms with van der Waals surface area (Å²) in [7, 11) is 0. The molecule has 0 aliphatic heterocycles. The van der Waals surface area contributed by atoms with Crippen LogP contribution in [0.5, 0.6) is 0 Å². The molecule has 0 aliphatic rings. The summed E-state index contributed by atoms with van der Waals surface area (Å²) in [5, 5.41) is 8.99. The summed E-state index contributed by atoms with van der Waals surface area (Å²) in [4.78, 5) is 16.1. The summed E-state index contributed by atoms with van der Waals surface area (Å²) in [6.45, 7) is 13.2. The molecule has 0 fully saturated rings. The SMILES string of the molecule is CC(C)N(CCO)CC(=O)N(C(C)C)C(C)C. The number of carbonyl (C=O) groups excluding carboxylic acids is 1. The van der Waals surface area contributed by atoms with E-state index in [1.165, 1.54) is 0 Å². The van der Waals surface area contributed by atoms with Gasteiger partial charge in [0.2, 0.25) is 5.91 Å². The zero-order valence-electron chi connectivity index (χ0n) is 12.1. The Balaban J connectivity index is 4.56. The number of amides is 1. The van der Waals surface area contributed by atoms with Crippen LogP contribution in [0.3, 0.4) is 0 Å². The van der Waals surface area contributed by atoms with Gasteiger partial charge in [0, 0.05) is 24.7 Å². The van der Waals surface area contributed by atoms with E-state index in [1.54, 1.807) is 0 Å². The fraction of sp³-hybridized carbons (Fsp3) is 0.923. The van der Waals surface area contributed by atoms with Gasteiger partial charge in [-0.3, -0.25) is 9.69 Å². The van der Waals surface area contributed by atoms with E-state index < -0.39 is 0 Å². The highest BCUT2D eigenvalue weighted by molar-refractivity contribution is 5.78. The average Bonchev–Trinajstić information content (AvgIpc) is 2.15. The fourth-order valence-electron chi connectivity index (χ4n) is 2.08. The lowest BCUT2D eigenvalue weighted by Gasteiger charge is -2.34. The third-order valence-corrected chi connectivity index (χ3v) is 2.86. The Morgan fingerprint density at radius 2 is 1.47 bits per heavy atom. The van der Waals surface area contributed by atoms with Crippen LogP contribution in [0.15, 0.2) is 0 Å². The summed E-state index contributed by atoms with van der Waals surface area (Å²) in [5.74, 6) is 0.136. The van der Waals surface area contributed by atoms with Gasteiger partial charge < -0.3 is 10.0 Å². The van der Waals surface area contributed by atoms with Crippen molar-refractivity contribution >= 4 is 5.91 Å². The summed E-state index contributed by atoms with van der Waals surface area (Å²) >= 11 is 0. The number of hydrogen-bond acceptors (Lipinski definition) is 3. The second-order valence-electron chi connectivity index (χ2n) is 5.28. The maximum atomic E-state index is 12.2. The monoisotopic (exact) mass is 244 g/mol. The first-order chi connectivity index (χ1) is 7.81. The van der Waals surface area contributed by atoms with E-state index in [0.29, 0.717) is 13.1 Å². The highest BCUT2D eigenvalue weighted by Crippen LogP contribution is 2.08. The van der Waals surface area contributed by atoms with Gasteiger partial charge >= 0.3 is 0 Å². The van der Waals surface area contributed by atoms with Crippen LogP contribution in [0, 0.1) is 0 Å². The van der Waals surface area contributed by atoms with Gasteiger partial charge in [0.05, 0.1) is 13.2 Å². The quantitative estimate of drug-likeness (QED) is 0.735. The van der Waals surface area contributed by atoms with Gasteiger partial charge in [-0.25, -0.2) is 0 Å². The van der Waals surface area contributed by atoms with Gasteiger partial charge in [-0.05, 0) is 41.5 Å². The molecule has 4 nitrogen and oxygen atoms in total. The summed E-state index contributed by atoms with van der Waals surface area (Å²) in [5.41, 5.74) is 0. The van der Waals surface area contributed by atoms with E-state index in [2.05, 4.69) is 0 Å². The molecule has 102 valence electrons. The van der Waals surface area contributed by atoms with Crippen molar-refractivity contribution < 1.29 is 9.90 Å². The van der Waals surface area contributed by atoms with Crippen LogP contribution < -0.4 is 0 Å². The van der Waals surface area contributed by atoms with Crippen LogP contribution in [-0.2, 0) is 4.79 Å². The van der Waals surface area contributed by atoms with Crippen LogP contribution in [0.1, 0.15) is 41.5 Å². The predicted octanol–water partition coefficient (Wildman–Crippen LogP) is 1.33. The molecule has 0 atom stereocenters. The van der Waals surface area contributed by atoms with Gasteiger partial charge in [-0.1, -0.05) is 0 Å². The van der Waals surface area contributed by atoms with Crippen molar-refractivity contribution in [3.05, 3.63) is 0 Å². The van der Waals surface area contributed by atoms with Gasteiger partial charge in [-0.15, -0.1) is 0 Å². The molecule has 4 heteroatoms. The lowest BCUT2D eigenvalue weighted by Crippen LogP contribution is -2.49. The molecular weight excluding hydrogens is 216 g/mol. The first-order valence-electron chi connectivity index (χ1n) is 6.47. The van der Waals surface area contributed by atoms with Crippen molar-refractivity contribution in [2.45, 2.75) is 59.7 Å². The lowest BCUT2D eigenvalue weighted by molar-refractivity contribution is -0.136. The van der Waals surface area contributed by atoms with E-state index in [-0.39, 0.29) is 30.6 Å². The molecule has 0 aliphatic carbocycles. The highest BCUT2D eigenvalue weighted by Gasteiger charge is 2.22. The minimum atomic E-state index is 0.0921. The first-order valence-corrected chi connectivity index (χ1v) is 6.47. The molecule has 0 unspecified atom stereocenters. The zero-order valence-corrected chi connectivity index (χ0v) is 12.1. The first kappa shape index (κ1) is 16.4. The van der Waals surface area contributed by atoms with Crippen LogP contribution in [0.25, 0.3) is 0 Å². The predicted molar refractivity (Wildman–Crippen MR) is 70.9 cm³/mol. The second-order valence-corrected chi connectivity index (χ2v) is 5.28. The van der Waals surface area contributed by atoms with E-state index in [0.717, 1.165) is 0 Å². The second kappa shape index (κ2) is 7.67. The largest absolute Gasteiger partial charge is 0.395 e. The Hall–Kier alpha value is -0.610. The number of hydrogen-bond donors (Lipinski definition) is 1. The van der Waals surface area contributed by atoms with E-state index in [4.69, 9.17) is 5.11 Å². The molecule has 0 saturated heterocycles. The Bertz CT molecular complexity index is 219. The fourth-order valence-corrected chi connectivity index (χ4v) is 2.08. The smallest absolute Gasteiger partial charge is 0.237 e. The third kappa shape index (κ3) is 5.50. The number of aliphatic hydroxyl groups is 1. The van der Waals surface area contributed by atoms with Gasteiger partial charge in [0.25, 0.3) is 0 Å².